The molecule has 0 radical (unpaired) electrons. The van der Waals surface area contributed by atoms with E-state index in [1.54, 1.807) is 6.07 Å². The highest BCUT2D eigenvalue weighted by molar-refractivity contribution is 7.99. The standard InChI is InChI=1S/C13H19F2NOS/c1-2-17-8-3-6-16-7-9-18-11-4-5-12(14)13(15)10-11/h4-5,10,16H,2-3,6-9H2,1H3. The SMILES string of the molecule is CCOCCCNCCSc1ccc(F)c(F)c1. The van der Waals surface area contributed by atoms with Crippen molar-refractivity contribution < 1.29 is 13.5 Å². The van der Waals surface area contributed by atoms with E-state index >= 15 is 0 Å². The number of rotatable bonds is 9. The van der Waals surface area contributed by atoms with Gasteiger partial charge in [-0.05, 0) is 38.1 Å². The van der Waals surface area contributed by atoms with Crippen LogP contribution in [0.4, 0.5) is 8.78 Å². The van der Waals surface area contributed by atoms with Gasteiger partial charge in [-0.3, -0.25) is 0 Å². The molecule has 0 amide bonds. The molecule has 1 N–H and O–H groups in total. The molecule has 0 atom stereocenters. The number of nitrogens with one attached hydrogen (secondary N) is 1. The second-order valence-electron chi connectivity index (χ2n) is 3.72. The van der Waals surface area contributed by atoms with Crippen molar-refractivity contribution in [2.75, 3.05) is 32.1 Å². The average Bonchev–Trinajstić information content (AvgIpc) is 2.37. The first-order chi connectivity index (χ1) is 8.74. The lowest BCUT2D eigenvalue weighted by Gasteiger charge is -2.05. The van der Waals surface area contributed by atoms with Gasteiger partial charge in [0.1, 0.15) is 0 Å². The third-order valence-corrected chi connectivity index (χ3v) is 3.28. The van der Waals surface area contributed by atoms with Gasteiger partial charge in [0.05, 0.1) is 0 Å². The first-order valence-corrected chi connectivity index (χ1v) is 7.09. The van der Waals surface area contributed by atoms with Gasteiger partial charge in [0, 0.05) is 30.4 Å². The molecule has 0 heterocycles. The van der Waals surface area contributed by atoms with Crippen LogP contribution in [0.1, 0.15) is 13.3 Å². The van der Waals surface area contributed by atoms with Gasteiger partial charge in [0.15, 0.2) is 11.6 Å². The van der Waals surface area contributed by atoms with Gasteiger partial charge in [0.2, 0.25) is 0 Å². The average molecular weight is 275 g/mol. The third kappa shape index (κ3) is 6.33. The van der Waals surface area contributed by atoms with E-state index in [1.165, 1.54) is 17.8 Å². The predicted octanol–water partition coefficient (Wildman–Crippen LogP) is 3.07. The minimum Gasteiger partial charge on any atom is -0.382 e. The minimum absolute atomic E-state index is 0.755. The number of halogens is 2. The van der Waals surface area contributed by atoms with Crippen LogP contribution in [0.5, 0.6) is 0 Å². The fraction of sp³-hybridized carbons (Fsp3) is 0.538. The van der Waals surface area contributed by atoms with E-state index in [4.69, 9.17) is 4.74 Å². The Morgan fingerprint density at radius 3 is 2.78 bits per heavy atom. The van der Waals surface area contributed by atoms with E-state index in [-0.39, 0.29) is 0 Å². The lowest BCUT2D eigenvalue weighted by Crippen LogP contribution is -2.19. The molecule has 0 spiro atoms. The molecule has 0 aliphatic rings. The van der Waals surface area contributed by atoms with Crippen molar-refractivity contribution in [3.63, 3.8) is 0 Å². The Bertz CT molecular complexity index is 350. The highest BCUT2D eigenvalue weighted by Gasteiger charge is 2.02. The maximum absolute atomic E-state index is 12.9. The highest BCUT2D eigenvalue weighted by atomic mass is 32.2. The third-order valence-electron chi connectivity index (χ3n) is 2.28. The van der Waals surface area contributed by atoms with Gasteiger partial charge in [-0.2, -0.15) is 0 Å². The number of hydrogen-bond acceptors (Lipinski definition) is 3. The van der Waals surface area contributed by atoms with Gasteiger partial charge in [-0.15, -0.1) is 11.8 Å². The molecular formula is C13H19F2NOS. The second kappa shape index (κ2) is 9.30. The van der Waals surface area contributed by atoms with Crippen molar-refractivity contribution in [1.82, 2.24) is 5.32 Å². The smallest absolute Gasteiger partial charge is 0.159 e. The lowest BCUT2D eigenvalue weighted by molar-refractivity contribution is 0.145. The van der Waals surface area contributed by atoms with Crippen LogP contribution in [0.2, 0.25) is 0 Å². The van der Waals surface area contributed by atoms with Crippen LogP contribution in [0.25, 0.3) is 0 Å². The van der Waals surface area contributed by atoms with Crippen molar-refractivity contribution in [2.24, 2.45) is 0 Å². The summed E-state index contributed by atoms with van der Waals surface area (Å²) in [5.74, 6) is -0.752. The zero-order valence-corrected chi connectivity index (χ0v) is 11.4. The van der Waals surface area contributed by atoms with E-state index in [0.717, 1.165) is 49.4 Å². The van der Waals surface area contributed by atoms with E-state index in [2.05, 4.69) is 5.32 Å². The van der Waals surface area contributed by atoms with Crippen LogP contribution in [-0.2, 0) is 4.74 Å². The molecule has 0 saturated heterocycles. The largest absolute Gasteiger partial charge is 0.382 e. The minimum atomic E-state index is -0.798. The topological polar surface area (TPSA) is 21.3 Å². The van der Waals surface area contributed by atoms with E-state index in [0.29, 0.717) is 0 Å². The first-order valence-electron chi connectivity index (χ1n) is 6.10. The molecule has 0 saturated carbocycles. The van der Waals surface area contributed by atoms with Gasteiger partial charge < -0.3 is 10.1 Å². The Balaban J connectivity index is 2.05. The number of ether oxygens (including phenoxy) is 1. The maximum Gasteiger partial charge on any atom is 0.159 e. The molecule has 0 aliphatic carbocycles. The summed E-state index contributed by atoms with van der Waals surface area (Å²) in [7, 11) is 0. The molecule has 0 unspecified atom stereocenters. The quantitative estimate of drug-likeness (QED) is 0.553. The first kappa shape index (κ1) is 15.4. The summed E-state index contributed by atoms with van der Waals surface area (Å²) >= 11 is 1.51. The molecule has 1 aromatic carbocycles. The molecule has 2 nitrogen and oxygen atoms in total. The normalized spacial score (nSPS) is 10.8. The van der Waals surface area contributed by atoms with Crippen LogP contribution < -0.4 is 5.32 Å². The number of hydrogen-bond donors (Lipinski definition) is 1. The molecule has 18 heavy (non-hydrogen) atoms. The lowest BCUT2D eigenvalue weighted by atomic mass is 10.3. The summed E-state index contributed by atoms with van der Waals surface area (Å²) in [5.41, 5.74) is 0. The zero-order chi connectivity index (χ0) is 13.2. The van der Waals surface area contributed by atoms with Crippen LogP contribution in [-0.4, -0.2) is 32.1 Å². The van der Waals surface area contributed by atoms with E-state index in [1.807, 2.05) is 6.92 Å². The molecule has 0 fully saturated rings. The van der Waals surface area contributed by atoms with Crippen molar-refractivity contribution in [1.29, 1.82) is 0 Å². The fourth-order valence-electron chi connectivity index (χ4n) is 1.38. The van der Waals surface area contributed by atoms with Crippen LogP contribution in [0.15, 0.2) is 23.1 Å². The predicted molar refractivity (Wildman–Crippen MR) is 71.1 cm³/mol. The second-order valence-corrected chi connectivity index (χ2v) is 4.89. The summed E-state index contributed by atoms with van der Waals surface area (Å²) in [4.78, 5) is 0.755. The Kier molecular flexibility index (Phi) is 7.96. The summed E-state index contributed by atoms with van der Waals surface area (Å²) in [6.45, 7) is 5.27. The Morgan fingerprint density at radius 1 is 1.22 bits per heavy atom. The van der Waals surface area contributed by atoms with E-state index in [9.17, 15) is 8.78 Å². The maximum atomic E-state index is 12.9. The van der Waals surface area contributed by atoms with Gasteiger partial charge in [0.25, 0.3) is 0 Å². The molecule has 0 aliphatic heterocycles. The Labute approximate surface area is 111 Å². The molecule has 102 valence electrons. The summed E-state index contributed by atoms with van der Waals surface area (Å²) < 4.78 is 30.8. The Morgan fingerprint density at radius 2 is 2.06 bits per heavy atom. The summed E-state index contributed by atoms with van der Waals surface area (Å²) in [5, 5.41) is 3.27. The Hall–Kier alpha value is -0.650. The van der Waals surface area contributed by atoms with Gasteiger partial charge in [-0.25, -0.2) is 8.78 Å². The van der Waals surface area contributed by atoms with Gasteiger partial charge in [-0.1, -0.05) is 0 Å². The number of thioether (sulfide) groups is 1. The summed E-state index contributed by atoms with van der Waals surface area (Å²) in [6, 6.07) is 3.99. The molecular weight excluding hydrogens is 256 g/mol. The molecule has 0 aromatic heterocycles. The molecule has 5 heteroatoms. The van der Waals surface area contributed by atoms with Gasteiger partial charge >= 0.3 is 0 Å². The van der Waals surface area contributed by atoms with Crippen molar-refractivity contribution in [3.05, 3.63) is 29.8 Å². The van der Waals surface area contributed by atoms with Crippen LogP contribution in [0, 0.1) is 11.6 Å². The summed E-state index contributed by atoms with van der Waals surface area (Å²) in [6.07, 6.45) is 0.990. The highest BCUT2D eigenvalue weighted by Crippen LogP contribution is 2.19. The van der Waals surface area contributed by atoms with Crippen molar-refractivity contribution >= 4 is 11.8 Å². The van der Waals surface area contributed by atoms with E-state index < -0.39 is 11.6 Å². The van der Waals surface area contributed by atoms with Crippen LogP contribution in [0.3, 0.4) is 0 Å². The molecule has 0 bridgehead atoms. The molecule has 1 aromatic rings. The molecule has 1 rings (SSSR count). The van der Waals surface area contributed by atoms with Crippen LogP contribution >= 0.6 is 11.8 Å². The van der Waals surface area contributed by atoms with Crippen molar-refractivity contribution in [3.8, 4) is 0 Å². The van der Waals surface area contributed by atoms with Crippen molar-refractivity contribution in [2.45, 2.75) is 18.2 Å². The zero-order valence-electron chi connectivity index (χ0n) is 10.5. The monoisotopic (exact) mass is 275 g/mol. The fourth-order valence-corrected chi connectivity index (χ4v) is 2.21. The number of benzene rings is 1.